The number of rotatable bonds is 5. The number of aryl methyl sites for hydroxylation is 2. The van der Waals surface area contributed by atoms with Gasteiger partial charge in [0.1, 0.15) is 0 Å². The molecular weight excluding hydrogens is 436 g/mol. The molecule has 1 aromatic carbocycles. The summed E-state index contributed by atoms with van der Waals surface area (Å²) in [6, 6.07) is 6.40. The third-order valence-corrected chi connectivity index (χ3v) is 10.1. The van der Waals surface area contributed by atoms with Crippen molar-refractivity contribution >= 4 is 15.9 Å². The van der Waals surface area contributed by atoms with Crippen LogP contribution in [0.2, 0.25) is 0 Å². The maximum atomic E-state index is 13.2. The molecule has 1 amide bonds. The van der Waals surface area contributed by atoms with Gasteiger partial charge in [0.25, 0.3) is 0 Å². The van der Waals surface area contributed by atoms with Gasteiger partial charge in [-0.05, 0) is 61.8 Å². The molecule has 0 N–H and O–H groups in total. The van der Waals surface area contributed by atoms with Crippen LogP contribution in [0.5, 0.6) is 0 Å². The van der Waals surface area contributed by atoms with E-state index in [0.29, 0.717) is 37.6 Å². The van der Waals surface area contributed by atoms with E-state index in [-0.39, 0.29) is 5.91 Å². The van der Waals surface area contributed by atoms with Crippen LogP contribution in [-0.2, 0) is 27.7 Å². The van der Waals surface area contributed by atoms with Crippen LogP contribution in [0.1, 0.15) is 49.7 Å². The number of carbonyl (C=O) groups excluding carboxylic acids is 1. The molecule has 2 saturated heterocycles. The number of sulfonamides is 1. The van der Waals surface area contributed by atoms with Gasteiger partial charge < -0.3 is 4.90 Å². The minimum absolute atomic E-state index is 0.134. The Kier molecular flexibility index (Phi) is 7.07. The van der Waals surface area contributed by atoms with Gasteiger partial charge in [-0.15, -0.1) is 0 Å². The van der Waals surface area contributed by atoms with Gasteiger partial charge >= 0.3 is 0 Å². The van der Waals surface area contributed by atoms with Crippen molar-refractivity contribution in [3.05, 3.63) is 29.3 Å². The van der Waals surface area contributed by atoms with Gasteiger partial charge in [-0.25, -0.2) is 8.42 Å². The molecule has 33 heavy (non-hydrogen) atoms. The predicted molar refractivity (Wildman–Crippen MR) is 129 cm³/mol. The molecule has 0 unspecified atom stereocenters. The molecule has 0 radical (unpaired) electrons. The molecule has 7 nitrogen and oxygen atoms in total. The lowest BCUT2D eigenvalue weighted by atomic mass is 9.92. The van der Waals surface area contributed by atoms with E-state index in [1.165, 1.54) is 43.2 Å². The predicted octanol–water partition coefficient (Wildman–Crippen LogP) is 1.96. The summed E-state index contributed by atoms with van der Waals surface area (Å²) in [5.41, 5.74) is 2.48. The van der Waals surface area contributed by atoms with Gasteiger partial charge in [-0.3, -0.25) is 14.6 Å². The van der Waals surface area contributed by atoms with E-state index in [9.17, 15) is 13.2 Å². The number of piperazine rings is 2. The van der Waals surface area contributed by atoms with Crippen LogP contribution in [0.3, 0.4) is 0 Å². The normalized spacial score (nSPS) is 24.2. The second kappa shape index (κ2) is 10.0. The SMILES string of the molecule is O=C(CN1CCN(C2CCCC2)CC1)N1CCN(S(=O)(=O)c2ccc3c(c2)CCCC3)CC1. The Morgan fingerprint density at radius 3 is 2.18 bits per heavy atom. The van der Waals surface area contributed by atoms with Gasteiger partial charge in [0.05, 0.1) is 11.4 Å². The molecule has 0 atom stereocenters. The molecule has 182 valence electrons. The highest BCUT2D eigenvalue weighted by atomic mass is 32.2. The summed E-state index contributed by atoms with van der Waals surface area (Å²) in [7, 11) is -3.51. The van der Waals surface area contributed by atoms with Crippen LogP contribution in [0.4, 0.5) is 0 Å². The summed E-state index contributed by atoms with van der Waals surface area (Å²) in [6.45, 7) is 6.19. The van der Waals surface area contributed by atoms with Crippen LogP contribution < -0.4 is 0 Å². The van der Waals surface area contributed by atoms with Crippen LogP contribution in [0.25, 0.3) is 0 Å². The van der Waals surface area contributed by atoms with Crippen molar-refractivity contribution in [3.63, 3.8) is 0 Å². The second-order valence-corrected chi connectivity index (χ2v) is 12.1. The lowest BCUT2D eigenvalue weighted by Crippen LogP contribution is -2.55. The number of carbonyl (C=O) groups is 1. The number of nitrogens with zero attached hydrogens (tertiary/aromatic N) is 4. The standard InChI is InChI=1S/C25H38N4O3S/c30-25(20-26-11-13-27(14-12-26)23-7-3-4-8-23)28-15-17-29(18-16-28)33(31,32)24-10-9-21-5-1-2-6-22(21)19-24/h9-10,19,23H,1-8,11-18,20H2. The van der Waals surface area contributed by atoms with Crippen LogP contribution in [-0.4, -0.2) is 98.3 Å². The zero-order chi connectivity index (χ0) is 22.8. The van der Waals surface area contributed by atoms with Crippen molar-refractivity contribution in [1.29, 1.82) is 0 Å². The van der Waals surface area contributed by atoms with E-state index in [1.807, 2.05) is 17.0 Å². The lowest BCUT2D eigenvalue weighted by molar-refractivity contribution is -0.134. The highest BCUT2D eigenvalue weighted by Crippen LogP contribution is 2.27. The Balaban J connectivity index is 1.11. The summed E-state index contributed by atoms with van der Waals surface area (Å²) in [4.78, 5) is 20.0. The van der Waals surface area contributed by atoms with Crippen molar-refractivity contribution in [1.82, 2.24) is 19.0 Å². The molecule has 1 aromatic rings. The van der Waals surface area contributed by atoms with Crippen molar-refractivity contribution in [2.45, 2.75) is 62.3 Å². The number of hydrogen-bond acceptors (Lipinski definition) is 5. The van der Waals surface area contributed by atoms with Crippen LogP contribution >= 0.6 is 0 Å². The van der Waals surface area contributed by atoms with Gasteiger partial charge in [0, 0.05) is 58.4 Å². The molecule has 2 aliphatic heterocycles. The van der Waals surface area contributed by atoms with E-state index in [0.717, 1.165) is 51.5 Å². The largest absolute Gasteiger partial charge is 0.339 e. The first kappa shape index (κ1) is 23.3. The monoisotopic (exact) mass is 474 g/mol. The fraction of sp³-hybridized carbons (Fsp3) is 0.720. The van der Waals surface area contributed by atoms with E-state index in [2.05, 4.69) is 9.80 Å². The smallest absolute Gasteiger partial charge is 0.243 e. The highest BCUT2D eigenvalue weighted by Gasteiger charge is 2.32. The summed E-state index contributed by atoms with van der Waals surface area (Å²) in [5.74, 6) is 0.134. The van der Waals surface area contributed by atoms with E-state index in [4.69, 9.17) is 0 Å². The summed E-state index contributed by atoms with van der Waals surface area (Å²) < 4.78 is 28.0. The van der Waals surface area contributed by atoms with Gasteiger partial charge in [0.15, 0.2) is 0 Å². The molecule has 5 rings (SSSR count). The molecule has 4 aliphatic rings. The summed E-state index contributed by atoms with van der Waals surface area (Å²) in [6.07, 6.45) is 9.71. The lowest BCUT2D eigenvalue weighted by Gasteiger charge is -2.39. The van der Waals surface area contributed by atoms with E-state index >= 15 is 0 Å². The average Bonchev–Trinajstić information content (AvgIpc) is 3.39. The first-order valence-electron chi connectivity index (χ1n) is 12.9. The zero-order valence-corrected chi connectivity index (χ0v) is 20.6. The van der Waals surface area contributed by atoms with Crippen molar-refractivity contribution in [3.8, 4) is 0 Å². The number of fused-ring (bicyclic) bond motifs is 1. The van der Waals surface area contributed by atoms with Gasteiger partial charge in [-0.2, -0.15) is 4.31 Å². The number of hydrogen-bond donors (Lipinski definition) is 0. The Morgan fingerprint density at radius 1 is 0.818 bits per heavy atom. The first-order valence-corrected chi connectivity index (χ1v) is 14.3. The van der Waals surface area contributed by atoms with Crippen molar-refractivity contribution in [2.75, 3.05) is 58.9 Å². The molecule has 0 bridgehead atoms. The fourth-order valence-corrected chi connectivity index (χ4v) is 7.52. The average molecular weight is 475 g/mol. The van der Waals surface area contributed by atoms with E-state index in [1.54, 1.807) is 10.4 Å². The fourth-order valence-electron chi connectivity index (χ4n) is 6.04. The zero-order valence-electron chi connectivity index (χ0n) is 19.8. The summed E-state index contributed by atoms with van der Waals surface area (Å²) in [5, 5.41) is 0. The van der Waals surface area contributed by atoms with E-state index < -0.39 is 10.0 Å². The number of amides is 1. The minimum Gasteiger partial charge on any atom is -0.339 e. The molecule has 1 saturated carbocycles. The Morgan fingerprint density at radius 2 is 1.48 bits per heavy atom. The third kappa shape index (κ3) is 5.14. The minimum atomic E-state index is -3.51. The Labute approximate surface area is 198 Å². The maximum absolute atomic E-state index is 13.2. The molecular formula is C25H38N4O3S. The molecule has 0 aromatic heterocycles. The second-order valence-electron chi connectivity index (χ2n) is 10.2. The van der Waals surface area contributed by atoms with Crippen molar-refractivity contribution in [2.24, 2.45) is 0 Å². The maximum Gasteiger partial charge on any atom is 0.243 e. The topological polar surface area (TPSA) is 64.2 Å². The molecule has 8 heteroatoms. The van der Waals surface area contributed by atoms with Crippen molar-refractivity contribution < 1.29 is 13.2 Å². The summed E-state index contributed by atoms with van der Waals surface area (Å²) >= 11 is 0. The Bertz CT molecular complexity index is 944. The van der Waals surface area contributed by atoms with Gasteiger partial charge in [0.2, 0.25) is 15.9 Å². The van der Waals surface area contributed by atoms with Crippen LogP contribution in [0.15, 0.2) is 23.1 Å². The third-order valence-electron chi connectivity index (χ3n) is 8.16. The first-order chi connectivity index (χ1) is 16.0. The highest BCUT2D eigenvalue weighted by molar-refractivity contribution is 7.89. The molecule has 2 heterocycles. The Hall–Kier alpha value is -1.48. The molecule has 0 spiro atoms. The molecule has 2 aliphatic carbocycles. The van der Waals surface area contributed by atoms with Gasteiger partial charge in [-0.1, -0.05) is 18.9 Å². The number of benzene rings is 1. The molecule has 3 fully saturated rings. The quantitative estimate of drug-likeness (QED) is 0.653. The van der Waals surface area contributed by atoms with Crippen LogP contribution in [0, 0.1) is 0 Å².